The van der Waals surface area contributed by atoms with Crippen LogP contribution < -0.4 is 0 Å². The van der Waals surface area contributed by atoms with E-state index >= 15 is 0 Å². The number of benzene rings is 2. The highest BCUT2D eigenvalue weighted by atomic mass is 32.2. The molecule has 20 heteroatoms. The van der Waals surface area contributed by atoms with Gasteiger partial charge in [0.1, 0.15) is 38.9 Å². The maximum Gasteiger partial charge on any atom is 0.358 e. The fourth-order valence-corrected chi connectivity index (χ4v) is 12.8. The maximum atomic E-state index is 13.3. The average Bonchev–Trinajstić information content (AvgIpc) is 4.19. The summed E-state index contributed by atoms with van der Waals surface area (Å²) >= 11 is 0. The summed E-state index contributed by atoms with van der Waals surface area (Å²) < 4.78 is 64.1. The number of sulfonamides is 2. The Labute approximate surface area is 391 Å². The molecule has 2 fully saturated rings. The van der Waals surface area contributed by atoms with Gasteiger partial charge in [-0.25, -0.2) is 0 Å². The number of fused-ring (bicyclic) bond motifs is 6. The van der Waals surface area contributed by atoms with Gasteiger partial charge in [0.2, 0.25) is 11.3 Å². The van der Waals surface area contributed by atoms with E-state index in [2.05, 4.69) is 45.6 Å². The van der Waals surface area contributed by atoms with Gasteiger partial charge in [0, 0.05) is 54.3 Å². The van der Waals surface area contributed by atoms with Crippen molar-refractivity contribution in [1.29, 1.82) is 5.26 Å². The van der Waals surface area contributed by atoms with Crippen LogP contribution >= 0.6 is 0 Å². The lowest BCUT2D eigenvalue weighted by Crippen LogP contribution is -2.17. The van der Waals surface area contributed by atoms with Crippen molar-refractivity contribution in [3.8, 4) is 6.07 Å². The highest BCUT2D eigenvalue weighted by Crippen LogP contribution is 2.43. The summed E-state index contributed by atoms with van der Waals surface area (Å²) in [6.45, 7) is 3.84. The summed E-state index contributed by atoms with van der Waals surface area (Å²) in [6.07, 6.45) is 21.5. The fraction of sp³-hybridized carbons (Fsp3) is 0.292. The quantitative estimate of drug-likeness (QED) is 0.112. The van der Waals surface area contributed by atoms with E-state index in [0.717, 1.165) is 79.0 Å². The van der Waals surface area contributed by atoms with Crippen LogP contribution in [0.15, 0.2) is 108 Å². The first kappa shape index (κ1) is 43.1. The van der Waals surface area contributed by atoms with E-state index in [0.29, 0.717) is 52.9 Å². The topological polar surface area (TPSA) is 211 Å². The van der Waals surface area contributed by atoms with E-state index in [-0.39, 0.29) is 27.7 Å². The molecular weight excluding hydrogens is 903 g/mol. The minimum absolute atomic E-state index is 0.177. The van der Waals surface area contributed by atoms with Gasteiger partial charge in [-0.1, -0.05) is 35.4 Å². The Hall–Kier alpha value is -7.50. The van der Waals surface area contributed by atoms with E-state index in [1.807, 2.05) is 59.6 Å². The zero-order chi connectivity index (χ0) is 46.9. The minimum Gasteiger partial charge on any atom is -0.350 e. The van der Waals surface area contributed by atoms with Crippen LogP contribution in [0.25, 0.3) is 11.3 Å². The van der Waals surface area contributed by atoms with Crippen LogP contribution in [0, 0.1) is 25.2 Å². The molecule has 2 aliphatic heterocycles. The number of carbonyl (C=O) groups is 1. The van der Waals surface area contributed by atoms with E-state index < -0.39 is 20.0 Å². The first-order valence-electron chi connectivity index (χ1n) is 22.5. The molecule has 8 aromatic rings. The lowest BCUT2D eigenvalue weighted by atomic mass is 10.1. The Morgan fingerprint density at radius 3 is 1.54 bits per heavy atom. The molecule has 342 valence electrons. The van der Waals surface area contributed by atoms with Gasteiger partial charge in [0.25, 0.3) is 0 Å². The second kappa shape index (κ2) is 16.7. The van der Waals surface area contributed by atoms with Crippen LogP contribution in [0.5, 0.6) is 0 Å². The normalized spacial score (nSPS) is 19.9. The molecule has 2 aromatic carbocycles. The van der Waals surface area contributed by atoms with Crippen LogP contribution in [-0.2, 0) is 32.9 Å². The standard InChI is InChI=1S/C24H22N7O2S.C24H23N6O3S/c1-16-2-6-20(7-3-16)34(32,33)30-11-9-21-24(30)26-14-22-27-28-23(31(21)22)18-4-5-19(12-18)29-10-8-17(13-25)15-29;1-16-2-6-20(7-3-16)34(32,33)29-11-9-21-24(29)25-13-22-26-27-23(30(21)22)18-4-5-19(12-18)28-10-8-17(14-28)15-31/h2-3,6-8,10-11,14-15,18-19H,4-5,9,12H2,1H3;2-3,6-8,10-11,13-15,18-19H,4-5,9,12H2,1H3/q2*+1/t2*18-,19+/m11/s1. The third-order valence-electron chi connectivity index (χ3n) is 13.7. The van der Waals surface area contributed by atoms with Gasteiger partial charge in [-0.05, 0) is 98.7 Å². The number of hydrogen-bond donors (Lipinski definition) is 0. The molecule has 6 aromatic heterocycles. The highest BCUT2D eigenvalue weighted by molar-refractivity contribution is 7.86. The lowest BCUT2D eigenvalue weighted by molar-refractivity contribution is -0.257. The second-order valence-electron chi connectivity index (χ2n) is 17.9. The molecule has 2 saturated carbocycles. The van der Waals surface area contributed by atoms with Crippen molar-refractivity contribution >= 4 is 61.7 Å². The van der Waals surface area contributed by atoms with Crippen molar-refractivity contribution in [3.05, 3.63) is 143 Å². The van der Waals surface area contributed by atoms with Gasteiger partial charge in [0.05, 0.1) is 30.8 Å². The molecule has 8 heterocycles. The summed E-state index contributed by atoms with van der Waals surface area (Å²) in [4.78, 5) is 20.4. The molecule has 0 radical (unpaired) electrons. The molecule has 0 bridgehead atoms. The largest absolute Gasteiger partial charge is 0.358 e. The third kappa shape index (κ3) is 7.32. The Balaban J connectivity index is 0.000000149. The first-order chi connectivity index (χ1) is 32.9. The highest BCUT2D eigenvalue weighted by Gasteiger charge is 2.40. The first-order valence-corrected chi connectivity index (χ1v) is 25.3. The predicted molar refractivity (Wildman–Crippen MR) is 248 cm³/mol. The van der Waals surface area contributed by atoms with E-state index in [4.69, 9.17) is 5.26 Å². The van der Waals surface area contributed by atoms with Crippen LogP contribution in [0.2, 0.25) is 0 Å². The molecule has 4 atom stereocenters. The summed E-state index contributed by atoms with van der Waals surface area (Å²) in [5, 5.41) is 26.8. The molecule has 4 aliphatic rings. The number of aldehydes is 1. The number of nitrogens with zero attached hydrogens (tertiary/aromatic N) is 13. The van der Waals surface area contributed by atoms with Crippen LogP contribution in [-0.4, -0.2) is 91.8 Å². The summed E-state index contributed by atoms with van der Waals surface area (Å²) in [7, 11) is -7.53. The Kier molecular flexibility index (Phi) is 10.6. The molecule has 68 heavy (non-hydrogen) atoms. The number of hydrogen-bond acceptors (Lipinski definition) is 12. The Morgan fingerprint density at radius 1 is 0.632 bits per heavy atom. The van der Waals surface area contributed by atoms with Gasteiger partial charge in [-0.2, -0.15) is 22.1 Å². The van der Waals surface area contributed by atoms with E-state index in [1.54, 1.807) is 73.4 Å². The zero-order valence-electron chi connectivity index (χ0n) is 37.1. The van der Waals surface area contributed by atoms with Crippen molar-refractivity contribution in [1.82, 2.24) is 48.3 Å². The van der Waals surface area contributed by atoms with Gasteiger partial charge >= 0.3 is 31.7 Å². The monoisotopic (exact) mass is 947 g/mol. The molecule has 2 aliphatic carbocycles. The van der Waals surface area contributed by atoms with Crippen molar-refractivity contribution in [2.24, 2.45) is 0 Å². The van der Waals surface area contributed by atoms with Crippen LogP contribution in [0.3, 0.4) is 0 Å². The zero-order valence-corrected chi connectivity index (χ0v) is 38.7. The summed E-state index contributed by atoms with van der Waals surface area (Å²) in [5.41, 5.74) is 6.12. The smallest absolute Gasteiger partial charge is 0.350 e. The fourth-order valence-electron chi connectivity index (χ4n) is 10.1. The molecule has 0 spiro atoms. The Bertz CT molecular complexity index is 3650. The minimum atomic E-state index is -3.77. The lowest BCUT2D eigenvalue weighted by Gasteiger charge is -2.13. The molecule has 0 N–H and O–H groups in total. The second-order valence-corrected chi connectivity index (χ2v) is 21.5. The number of carbonyl (C=O) groups excluding carboxylic acids is 1. The summed E-state index contributed by atoms with van der Waals surface area (Å²) in [5.74, 6) is 2.82. The maximum absolute atomic E-state index is 13.3. The van der Waals surface area contributed by atoms with Gasteiger partial charge in [-0.15, -0.1) is 28.4 Å². The van der Waals surface area contributed by atoms with Crippen molar-refractivity contribution in [2.45, 2.75) is 98.9 Å². The van der Waals surface area contributed by atoms with Gasteiger partial charge < -0.3 is 9.13 Å². The number of aromatic nitrogens is 10. The van der Waals surface area contributed by atoms with E-state index in [9.17, 15) is 21.6 Å². The molecular formula is C48H45N13O5S2+2. The third-order valence-corrected chi connectivity index (χ3v) is 17.1. The van der Waals surface area contributed by atoms with Crippen molar-refractivity contribution < 1.29 is 29.6 Å². The molecule has 0 unspecified atom stereocenters. The predicted octanol–water partition coefficient (Wildman–Crippen LogP) is 6.49. The Morgan fingerprint density at radius 2 is 1.10 bits per heavy atom. The number of aryl methyl sites for hydroxylation is 2. The molecule has 18 nitrogen and oxygen atoms in total. The van der Waals surface area contributed by atoms with E-state index in [1.165, 1.54) is 7.96 Å². The van der Waals surface area contributed by atoms with Crippen molar-refractivity contribution in [2.75, 3.05) is 0 Å². The van der Waals surface area contributed by atoms with Crippen LogP contribution in [0.1, 0.15) is 113 Å². The summed E-state index contributed by atoms with van der Waals surface area (Å²) in [6, 6.07) is 20.1. The van der Waals surface area contributed by atoms with Crippen LogP contribution in [0.4, 0.5) is 11.6 Å². The molecule has 0 amide bonds. The number of rotatable bonds is 9. The van der Waals surface area contributed by atoms with Gasteiger partial charge in [-0.3, -0.25) is 13.6 Å². The number of nitriles is 1. The SMILES string of the molecule is Cc1ccc(S(=O)(=O)[N+]2=CCc3c2ncc2nnc([C@@H]4CC[C@H](n5ccc(C#N)c5)C4)n32)cc1.Cc1ccc(S(=O)(=O)[N+]2=CCc3c2ncc2nnc([C@@H]4CC[C@H](n5ccc(C=O)c5)C4)n32)cc1. The van der Waals surface area contributed by atoms with Gasteiger partial charge in [0.15, 0.2) is 18.7 Å². The van der Waals surface area contributed by atoms with Crippen molar-refractivity contribution in [3.63, 3.8) is 0 Å². The average molecular weight is 948 g/mol. The molecule has 12 rings (SSSR count). The molecule has 0 saturated heterocycles.